The fourth-order valence-electron chi connectivity index (χ4n) is 0.551. The molecule has 0 unspecified atom stereocenters. The largest absolute Gasteiger partial charge is 0.198 e. The smallest absolute Gasteiger partial charge is 0.162 e. The maximum atomic E-state index is 8.58. The minimum absolute atomic E-state index is 0.719. The number of hydrogen-bond donors (Lipinski definition) is 0. The third kappa shape index (κ3) is 12.1. The summed E-state index contributed by atoms with van der Waals surface area (Å²) in [4.78, 5) is 0. The van der Waals surface area contributed by atoms with Gasteiger partial charge in [-0.1, -0.05) is 13.3 Å². The van der Waals surface area contributed by atoms with E-state index in [2.05, 4.69) is 23.2 Å². The van der Waals surface area contributed by atoms with E-state index in [0.717, 1.165) is 19.3 Å². The lowest BCUT2D eigenvalue weighted by atomic mass is 10.1. The summed E-state index contributed by atoms with van der Waals surface area (Å²) in [6.07, 6.45) is 2.90. The molecule has 0 rings (SSSR count). The Hall–Kier alpha value is -1.93. The molecular weight excluding hydrogens is 226 g/mol. The molecule has 5 heteroatoms. The topological polar surface area (TPSA) is 96.1 Å². The van der Waals surface area contributed by atoms with Crippen molar-refractivity contribution in [2.75, 3.05) is 0 Å². The molecule has 0 aliphatic rings. The Labute approximate surface area is 110 Å². The van der Waals surface area contributed by atoms with Crippen LogP contribution in [0, 0.1) is 34.0 Å². The summed E-state index contributed by atoms with van der Waals surface area (Å²) < 4.78 is 0. The molecule has 0 aliphatic heterocycles. The van der Waals surface area contributed by atoms with Crippen LogP contribution in [0.3, 0.4) is 0 Å². The van der Waals surface area contributed by atoms with Crippen molar-refractivity contribution in [2.45, 2.75) is 65.0 Å². The molecule has 0 heterocycles. The number of rotatable bonds is 4. The van der Waals surface area contributed by atoms with Gasteiger partial charge in [0.15, 0.2) is 11.1 Å². The van der Waals surface area contributed by atoms with Crippen molar-refractivity contribution in [2.24, 2.45) is 10.2 Å². The number of nitriles is 3. The van der Waals surface area contributed by atoms with E-state index >= 15 is 0 Å². The van der Waals surface area contributed by atoms with Crippen molar-refractivity contribution in [3.05, 3.63) is 0 Å². The molecular formula is C13H21N5. The lowest BCUT2D eigenvalue weighted by molar-refractivity contribution is 0.541. The Balaban J connectivity index is 0. The maximum absolute atomic E-state index is 8.58. The highest BCUT2D eigenvalue weighted by Crippen LogP contribution is 2.13. The lowest BCUT2D eigenvalue weighted by Crippen LogP contribution is -2.17. The fourth-order valence-corrected chi connectivity index (χ4v) is 0.551. The van der Waals surface area contributed by atoms with Crippen LogP contribution in [0.1, 0.15) is 53.9 Å². The Morgan fingerprint density at radius 3 is 1.44 bits per heavy atom. The van der Waals surface area contributed by atoms with Crippen molar-refractivity contribution < 1.29 is 0 Å². The molecule has 5 nitrogen and oxygen atoms in total. The Morgan fingerprint density at radius 1 is 0.889 bits per heavy atom. The number of nitrogens with zero attached hydrogens (tertiary/aromatic N) is 5. The fraction of sp³-hybridized carbons (Fsp3) is 0.769. The summed E-state index contributed by atoms with van der Waals surface area (Å²) in [5.41, 5.74) is -1.68. The zero-order chi connectivity index (χ0) is 14.7. The predicted molar refractivity (Wildman–Crippen MR) is 69.4 cm³/mol. The molecule has 0 bridgehead atoms. The van der Waals surface area contributed by atoms with E-state index in [4.69, 9.17) is 15.8 Å². The van der Waals surface area contributed by atoms with Gasteiger partial charge in [-0.15, -0.1) is 0 Å². The molecule has 0 aliphatic carbocycles. The van der Waals surface area contributed by atoms with Gasteiger partial charge < -0.3 is 0 Å². The van der Waals surface area contributed by atoms with Crippen molar-refractivity contribution >= 4 is 0 Å². The van der Waals surface area contributed by atoms with E-state index in [0.29, 0.717) is 0 Å². The molecule has 0 atom stereocenters. The van der Waals surface area contributed by atoms with Crippen molar-refractivity contribution in [3.8, 4) is 18.2 Å². The molecule has 18 heavy (non-hydrogen) atoms. The standard InChI is InChI=1S/C8H12N4.C5H9N/c1-7(2,5-9)11-12-8(3,4)6-10;1-2-3-4-5-6/h1-4H3;2-4H2,1H3. The summed E-state index contributed by atoms with van der Waals surface area (Å²) >= 11 is 0. The van der Waals surface area contributed by atoms with Crippen LogP contribution in [0.2, 0.25) is 0 Å². The average Bonchev–Trinajstić information content (AvgIpc) is 2.35. The van der Waals surface area contributed by atoms with Gasteiger partial charge in [0.1, 0.15) is 0 Å². The molecule has 0 fully saturated rings. The summed E-state index contributed by atoms with van der Waals surface area (Å²) in [5, 5.41) is 32.6. The number of azo groups is 1. The van der Waals surface area contributed by atoms with Gasteiger partial charge in [-0.3, -0.25) is 0 Å². The minimum atomic E-state index is -0.839. The van der Waals surface area contributed by atoms with Crippen molar-refractivity contribution in [1.82, 2.24) is 0 Å². The van der Waals surface area contributed by atoms with E-state index in [-0.39, 0.29) is 0 Å². The molecule has 0 aromatic rings. The van der Waals surface area contributed by atoms with E-state index in [1.54, 1.807) is 27.7 Å². The Bertz CT molecular complexity index is 346. The highest BCUT2D eigenvalue weighted by molar-refractivity contribution is 5.03. The monoisotopic (exact) mass is 247 g/mol. The van der Waals surface area contributed by atoms with Crippen molar-refractivity contribution in [3.63, 3.8) is 0 Å². The summed E-state index contributed by atoms with van der Waals surface area (Å²) in [6.45, 7) is 8.65. The second kappa shape index (κ2) is 9.14. The lowest BCUT2D eigenvalue weighted by Gasteiger charge is -2.11. The molecule has 0 spiro atoms. The SMILES string of the molecule is CC(C)(C#N)N=NC(C)(C)C#N.CCCCC#N. The molecule has 0 radical (unpaired) electrons. The highest BCUT2D eigenvalue weighted by atomic mass is 15.2. The van der Waals surface area contributed by atoms with Gasteiger partial charge in [-0.25, -0.2) is 0 Å². The van der Waals surface area contributed by atoms with Crippen LogP contribution in [0.5, 0.6) is 0 Å². The zero-order valence-electron chi connectivity index (χ0n) is 11.9. The Kier molecular flexibility index (Phi) is 9.36. The predicted octanol–water partition coefficient (Wildman–Crippen LogP) is 3.74. The highest BCUT2D eigenvalue weighted by Gasteiger charge is 2.19. The summed E-state index contributed by atoms with van der Waals surface area (Å²) in [6, 6.07) is 6.00. The van der Waals surface area contributed by atoms with Crippen molar-refractivity contribution in [1.29, 1.82) is 15.8 Å². The van der Waals surface area contributed by atoms with Crippen LogP contribution in [0.4, 0.5) is 0 Å². The second-order valence-corrected chi connectivity index (χ2v) is 4.80. The molecule has 0 amide bonds. The van der Waals surface area contributed by atoms with Gasteiger partial charge in [-0.05, 0) is 34.1 Å². The van der Waals surface area contributed by atoms with Crippen LogP contribution in [0.15, 0.2) is 10.2 Å². The molecule has 98 valence electrons. The molecule has 0 aromatic carbocycles. The first-order valence-corrected chi connectivity index (χ1v) is 5.88. The van der Waals surface area contributed by atoms with Crippen LogP contribution >= 0.6 is 0 Å². The van der Waals surface area contributed by atoms with E-state index in [1.807, 2.05) is 12.1 Å². The van der Waals surface area contributed by atoms with Crippen LogP contribution in [0.25, 0.3) is 0 Å². The van der Waals surface area contributed by atoms with Gasteiger partial charge >= 0.3 is 0 Å². The van der Waals surface area contributed by atoms with Gasteiger partial charge in [0.05, 0.1) is 18.2 Å². The normalized spacial score (nSPS) is 10.8. The van der Waals surface area contributed by atoms with Crippen LogP contribution in [-0.4, -0.2) is 11.1 Å². The van der Waals surface area contributed by atoms with Crippen LogP contribution < -0.4 is 0 Å². The molecule has 0 N–H and O–H groups in total. The number of unbranched alkanes of at least 4 members (excludes halogenated alkanes) is 2. The first kappa shape index (κ1) is 18.4. The number of hydrogen-bond acceptors (Lipinski definition) is 5. The van der Waals surface area contributed by atoms with Gasteiger partial charge in [0.2, 0.25) is 0 Å². The minimum Gasteiger partial charge on any atom is -0.198 e. The Morgan fingerprint density at radius 2 is 1.28 bits per heavy atom. The van der Waals surface area contributed by atoms with Gasteiger partial charge in [-0.2, -0.15) is 26.0 Å². The second-order valence-electron chi connectivity index (χ2n) is 4.80. The third-order valence-electron chi connectivity index (χ3n) is 1.74. The van der Waals surface area contributed by atoms with Gasteiger partial charge in [0.25, 0.3) is 0 Å². The third-order valence-corrected chi connectivity index (χ3v) is 1.74. The summed E-state index contributed by atoms with van der Waals surface area (Å²) in [7, 11) is 0. The quantitative estimate of drug-likeness (QED) is 0.559. The van der Waals surface area contributed by atoms with Gasteiger partial charge in [0, 0.05) is 6.42 Å². The molecule has 0 saturated heterocycles. The van der Waals surface area contributed by atoms with E-state index in [1.165, 1.54) is 0 Å². The maximum Gasteiger partial charge on any atom is 0.162 e. The zero-order valence-corrected chi connectivity index (χ0v) is 11.9. The van der Waals surface area contributed by atoms with Crippen LogP contribution in [-0.2, 0) is 0 Å². The first-order valence-electron chi connectivity index (χ1n) is 5.88. The average molecular weight is 247 g/mol. The molecule has 0 saturated carbocycles. The molecule has 0 aromatic heterocycles. The van der Waals surface area contributed by atoms with E-state index in [9.17, 15) is 0 Å². The first-order chi connectivity index (χ1) is 8.24. The van der Waals surface area contributed by atoms with E-state index < -0.39 is 11.1 Å². The summed E-state index contributed by atoms with van der Waals surface area (Å²) in [5.74, 6) is 0.